The molecule has 0 aliphatic heterocycles. The van der Waals surface area contributed by atoms with Gasteiger partial charge in [-0.25, -0.2) is 4.68 Å². The standard InChI is InChI=1S/C8H12ClN3O3/c1-8(2,3)11-7(15-4)5(12(13)14)6(9)10-11/h1-4H3. The van der Waals surface area contributed by atoms with Crippen LogP contribution in [0.25, 0.3) is 0 Å². The molecule has 6 nitrogen and oxygen atoms in total. The van der Waals surface area contributed by atoms with E-state index in [-0.39, 0.29) is 16.7 Å². The van der Waals surface area contributed by atoms with Crippen molar-refractivity contribution in [3.8, 4) is 5.88 Å². The molecule has 0 radical (unpaired) electrons. The van der Waals surface area contributed by atoms with E-state index < -0.39 is 10.5 Å². The average molecular weight is 234 g/mol. The fraction of sp³-hybridized carbons (Fsp3) is 0.625. The number of methoxy groups -OCH3 is 1. The van der Waals surface area contributed by atoms with Gasteiger partial charge in [-0.05, 0) is 20.8 Å². The third kappa shape index (κ3) is 2.04. The Hall–Kier alpha value is -1.30. The van der Waals surface area contributed by atoms with Crippen molar-refractivity contribution in [1.82, 2.24) is 9.78 Å². The third-order valence-corrected chi connectivity index (χ3v) is 2.04. The van der Waals surface area contributed by atoms with Gasteiger partial charge in [0.2, 0.25) is 5.15 Å². The normalized spacial score (nSPS) is 11.5. The first-order valence-corrected chi connectivity index (χ1v) is 4.64. The number of ether oxygens (including phenoxy) is 1. The van der Waals surface area contributed by atoms with E-state index in [0.717, 1.165) is 0 Å². The fourth-order valence-electron chi connectivity index (χ4n) is 1.16. The van der Waals surface area contributed by atoms with Crippen LogP contribution in [0.5, 0.6) is 5.88 Å². The fourth-order valence-corrected chi connectivity index (χ4v) is 1.39. The third-order valence-electron chi connectivity index (χ3n) is 1.79. The smallest absolute Gasteiger partial charge is 0.369 e. The summed E-state index contributed by atoms with van der Waals surface area (Å²) in [6, 6.07) is 0. The van der Waals surface area contributed by atoms with E-state index in [0.29, 0.717) is 0 Å². The highest BCUT2D eigenvalue weighted by atomic mass is 35.5. The maximum Gasteiger partial charge on any atom is 0.369 e. The summed E-state index contributed by atoms with van der Waals surface area (Å²) in [6.45, 7) is 5.55. The number of nitro groups is 1. The number of nitrogens with zero attached hydrogens (tertiary/aromatic N) is 3. The number of hydrogen-bond donors (Lipinski definition) is 0. The van der Waals surface area contributed by atoms with Crippen molar-refractivity contribution in [2.24, 2.45) is 0 Å². The zero-order valence-corrected chi connectivity index (χ0v) is 9.70. The Morgan fingerprint density at radius 1 is 1.53 bits per heavy atom. The minimum Gasteiger partial charge on any atom is -0.476 e. The van der Waals surface area contributed by atoms with Crippen molar-refractivity contribution < 1.29 is 9.66 Å². The first-order chi connectivity index (χ1) is 6.79. The van der Waals surface area contributed by atoms with E-state index >= 15 is 0 Å². The second-order valence-electron chi connectivity index (χ2n) is 3.99. The van der Waals surface area contributed by atoms with Gasteiger partial charge in [0.1, 0.15) is 0 Å². The monoisotopic (exact) mass is 233 g/mol. The van der Waals surface area contributed by atoms with E-state index in [4.69, 9.17) is 16.3 Å². The molecule has 1 aromatic rings. The zero-order valence-electron chi connectivity index (χ0n) is 8.94. The lowest BCUT2D eigenvalue weighted by Gasteiger charge is -2.20. The zero-order chi connectivity index (χ0) is 11.8. The number of hydrogen-bond acceptors (Lipinski definition) is 4. The van der Waals surface area contributed by atoms with Crippen LogP contribution < -0.4 is 4.74 Å². The molecule has 15 heavy (non-hydrogen) atoms. The quantitative estimate of drug-likeness (QED) is 0.580. The highest BCUT2D eigenvalue weighted by molar-refractivity contribution is 6.31. The van der Waals surface area contributed by atoms with Gasteiger partial charge in [0.05, 0.1) is 17.6 Å². The van der Waals surface area contributed by atoms with Gasteiger partial charge in [0, 0.05) is 0 Å². The summed E-state index contributed by atoms with van der Waals surface area (Å²) < 4.78 is 6.36. The van der Waals surface area contributed by atoms with E-state index in [1.807, 2.05) is 20.8 Å². The summed E-state index contributed by atoms with van der Waals surface area (Å²) in [6.07, 6.45) is 0. The van der Waals surface area contributed by atoms with Crippen molar-refractivity contribution in [2.75, 3.05) is 7.11 Å². The maximum atomic E-state index is 10.7. The minimum atomic E-state index is -0.601. The average Bonchev–Trinajstić information content (AvgIpc) is 2.41. The predicted molar refractivity (Wildman–Crippen MR) is 55.4 cm³/mol. The Balaban J connectivity index is 3.45. The van der Waals surface area contributed by atoms with Crippen LogP contribution in [0.3, 0.4) is 0 Å². The van der Waals surface area contributed by atoms with Crippen molar-refractivity contribution in [2.45, 2.75) is 26.3 Å². The summed E-state index contributed by atoms with van der Waals surface area (Å²) >= 11 is 5.68. The molecule has 0 aliphatic rings. The molecule has 0 aromatic carbocycles. The summed E-state index contributed by atoms with van der Waals surface area (Å²) in [5.74, 6) is 0.0671. The van der Waals surface area contributed by atoms with Gasteiger partial charge in [-0.15, -0.1) is 5.10 Å². The topological polar surface area (TPSA) is 70.2 Å². The number of halogens is 1. The molecule has 7 heteroatoms. The molecule has 1 aromatic heterocycles. The van der Waals surface area contributed by atoms with Crippen LogP contribution in [0.1, 0.15) is 20.8 Å². The SMILES string of the molecule is COc1c([N+](=O)[O-])c(Cl)nn1C(C)(C)C. The molecule has 0 fully saturated rings. The second kappa shape index (κ2) is 3.69. The van der Waals surface area contributed by atoms with E-state index in [2.05, 4.69) is 5.10 Å². The summed E-state index contributed by atoms with van der Waals surface area (Å²) in [5.41, 5.74) is -0.724. The minimum absolute atomic E-state index is 0.0671. The van der Waals surface area contributed by atoms with Gasteiger partial charge in [-0.2, -0.15) is 0 Å². The van der Waals surface area contributed by atoms with Crippen LogP contribution in [-0.4, -0.2) is 21.8 Å². The van der Waals surface area contributed by atoms with Gasteiger partial charge >= 0.3 is 5.69 Å². The Kier molecular flexibility index (Phi) is 2.90. The molecular weight excluding hydrogens is 222 g/mol. The summed E-state index contributed by atoms with van der Waals surface area (Å²) in [4.78, 5) is 10.1. The van der Waals surface area contributed by atoms with Gasteiger partial charge in [0.15, 0.2) is 0 Å². The number of rotatable bonds is 2. The molecule has 0 spiro atoms. The molecular formula is C8H12ClN3O3. The lowest BCUT2D eigenvalue weighted by molar-refractivity contribution is -0.385. The van der Waals surface area contributed by atoms with Gasteiger partial charge in [-0.3, -0.25) is 10.1 Å². The molecule has 0 aliphatic carbocycles. The van der Waals surface area contributed by atoms with Crippen LogP contribution in [0.15, 0.2) is 0 Å². The predicted octanol–water partition coefficient (Wildman–Crippen LogP) is 2.21. The van der Waals surface area contributed by atoms with Crippen molar-refractivity contribution in [1.29, 1.82) is 0 Å². The highest BCUT2D eigenvalue weighted by Crippen LogP contribution is 2.37. The largest absolute Gasteiger partial charge is 0.476 e. The Morgan fingerprint density at radius 3 is 2.40 bits per heavy atom. The number of aromatic nitrogens is 2. The maximum absolute atomic E-state index is 10.7. The van der Waals surface area contributed by atoms with Crippen LogP contribution in [0.2, 0.25) is 5.15 Å². The van der Waals surface area contributed by atoms with Crippen LogP contribution >= 0.6 is 11.6 Å². The van der Waals surface area contributed by atoms with Crippen LogP contribution in [0.4, 0.5) is 5.69 Å². The Labute approximate surface area is 91.9 Å². The van der Waals surface area contributed by atoms with Crippen molar-refractivity contribution in [3.05, 3.63) is 15.3 Å². The molecule has 0 amide bonds. The van der Waals surface area contributed by atoms with Crippen molar-refractivity contribution in [3.63, 3.8) is 0 Å². The Bertz CT molecular complexity index is 395. The molecule has 1 rings (SSSR count). The first-order valence-electron chi connectivity index (χ1n) is 4.26. The van der Waals surface area contributed by atoms with Gasteiger partial charge in [0.25, 0.3) is 5.88 Å². The molecule has 0 N–H and O–H groups in total. The first kappa shape index (κ1) is 11.8. The van der Waals surface area contributed by atoms with Crippen molar-refractivity contribution >= 4 is 17.3 Å². The van der Waals surface area contributed by atoms with Gasteiger partial charge in [-0.1, -0.05) is 11.6 Å². The second-order valence-corrected chi connectivity index (χ2v) is 4.35. The molecule has 0 unspecified atom stereocenters. The molecule has 0 saturated carbocycles. The van der Waals surface area contributed by atoms with E-state index in [1.165, 1.54) is 11.8 Å². The lowest BCUT2D eigenvalue weighted by atomic mass is 10.1. The van der Waals surface area contributed by atoms with Gasteiger partial charge < -0.3 is 4.74 Å². The summed E-state index contributed by atoms with van der Waals surface area (Å²) in [7, 11) is 1.35. The lowest BCUT2D eigenvalue weighted by Crippen LogP contribution is -2.23. The summed E-state index contributed by atoms with van der Waals surface area (Å²) in [5, 5.41) is 14.5. The van der Waals surface area contributed by atoms with Crippen LogP contribution in [0, 0.1) is 10.1 Å². The van der Waals surface area contributed by atoms with E-state index in [9.17, 15) is 10.1 Å². The molecule has 0 saturated heterocycles. The van der Waals surface area contributed by atoms with Crippen LogP contribution in [-0.2, 0) is 5.54 Å². The van der Waals surface area contributed by atoms with E-state index in [1.54, 1.807) is 0 Å². The molecule has 84 valence electrons. The molecule has 0 bridgehead atoms. The Morgan fingerprint density at radius 2 is 2.07 bits per heavy atom. The molecule has 1 heterocycles. The molecule has 0 atom stereocenters. The highest BCUT2D eigenvalue weighted by Gasteiger charge is 2.32.